The van der Waals surface area contributed by atoms with Crippen LogP contribution in [0.3, 0.4) is 0 Å². The van der Waals surface area contributed by atoms with E-state index in [2.05, 4.69) is 33.1 Å². The Labute approximate surface area is 142 Å². The first-order chi connectivity index (χ1) is 9.89. The quantitative estimate of drug-likeness (QED) is 0.532. The molecule has 0 radical (unpaired) electrons. The summed E-state index contributed by atoms with van der Waals surface area (Å²) in [5.74, 6) is 1.82. The standard InChI is InChI=1S/C17H33N2O2.ClH/c1-13(2)15-6-5-14(3)11-16(15)21-17(20)12-19(4)9-7-18-8-10-19;/h13-16,18H,5-12H2,1-4H3;1H/q+1;/p-1. The van der Waals surface area contributed by atoms with Crippen molar-refractivity contribution in [2.75, 3.05) is 39.8 Å². The number of carbonyl (C=O) groups excluding carboxylic acids is 1. The molecule has 22 heavy (non-hydrogen) atoms. The molecule has 0 bridgehead atoms. The number of esters is 1. The van der Waals surface area contributed by atoms with Crippen LogP contribution in [0.25, 0.3) is 0 Å². The predicted molar refractivity (Wildman–Crippen MR) is 84.9 cm³/mol. The zero-order valence-electron chi connectivity index (χ0n) is 14.6. The lowest BCUT2D eigenvalue weighted by Crippen LogP contribution is -3.00. The van der Waals surface area contributed by atoms with Gasteiger partial charge in [-0.05, 0) is 30.6 Å². The predicted octanol–water partition coefficient (Wildman–Crippen LogP) is -0.956. The molecule has 1 saturated carbocycles. The molecule has 1 aliphatic carbocycles. The topological polar surface area (TPSA) is 38.3 Å². The summed E-state index contributed by atoms with van der Waals surface area (Å²) in [4.78, 5) is 12.4. The van der Waals surface area contributed by atoms with Crippen molar-refractivity contribution in [1.82, 2.24) is 5.32 Å². The zero-order chi connectivity index (χ0) is 15.5. The van der Waals surface area contributed by atoms with Gasteiger partial charge in [0, 0.05) is 13.1 Å². The van der Waals surface area contributed by atoms with E-state index in [9.17, 15) is 4.79 Å². The first kappa shape index (κ1) is 19.7. The highest BCUT2D eigenvalue weighted by Gasteiger charge is 2.35. The maximum atomic E-state index is 12.4. The minimum atomic E-state index is 0. The van der Waals surface area contributed by atoms with Crippen LogP contribution in [0.15, 0.2) is 0 Å². The van der Waals surface area contributed by atoms with Crippen LogP contribution in [-0.4, -0.2) is 56.3 Å². The molecule has 3 unspecified atom stereocenters. The number of carbonyl (C=O) groups is 1. The van der Waals surface area contributed by atoms with Crippen LogP contribution in [0.5, 0.6) is 0 Å². The van der Waals surface area contributed by atoms with Crippen molar-refractivity contribution in [3.63, 3.8) is 0 Å². The third-order valence-electron chi connectivity index (χ3n) is 5.41. The highest BCUT2D eigenvalue weighted by molar-refractivity contribution is 5.70. The van der Waals surface area contributed by atoms with Gasteiger partial charge in [-0.1, -0.05) is 27.2 Å². The van der Waals surface area contributed by atoms with E-state index >= 15 is 0 Å². The fourth-order valence-corrected chi connectivity index (χ4v) is 3.86. The van der Waals surface area contributed by atoms with E-state index in [1.165, 1.54) is 12.8 Å². The second-order valence-corrected chi connectivity index (χ2v) is 7.83. The SMILES string of the molecule is CC1CCC(C(C)C)C(OC(=O)C[N+]2(C)CCNCC2)C1.[Cl-]. The average molecular weight is 333 g/mol. The Bertz CT molecular complexity index is 357. The van der Waals surface area contributed by atoms with E-state index in [0.717, 1.165) is 37.1 Å². The van der Waals surface area contributed by atoms with Crippen molar-refractivity contribution in [3.05, 3.63) is 0 Å². The third-order valence-corrected chi connectivity index (χ3v) is 5.41. The van der Waals surface area contributed by atoms with Crippen LogP contribution < -0.4 is 17.7 Å². The molecule has 0 spiro atoms. The van der Waals surface area contributed by atoms with E-state index < -0.39 is 0 Å². The largest absolute Gasteiger partial charge is 1.00 e. The van der Waals surface area contributed by atoms with Gasteiger partial charge in [0.25, 0.3) is 0 Å². The number of likely N-dealkylation sites (N-methyl/N-ethyl adjacent to an activating group) is 1. The molecule has 0 aromatic carbocycles. The van der Waals surface area contributed by atoms with Gasteiger partial charge >= 0.3 is 5.97 Å². The highest BCUT2D eigenvalue weighted by Crippen LogP contribution is 2.35. The number of rotatable bonds is 4. The number of ether oxygens (including phenoxy) is 1. The molecule has 130 valence electrons. The average Bonchev–Trinajstić information content (AvgIpc) is 2.38. The molecule has 1 heterocycles. The second-order valence-electron chi connectivity index (χ2n) is 7.83. The molecule has 3 atom stereocenters. The maximum Gasteiger partial charge on any atom is 0.362 e. The lowest BCUT2D eigenvalue weighted by molar-refractivity contribution is -0.904. The summed E-state index contributed by atoms with van der Waals surface area (Å²) in [5, 5.41) is 3.35. The van der Waals surface area contributed by atoms with E-state index in [1.807, 2.05) is 0 Å². The molecule has 2 aliphatic rings. The van der Waals surface area contributed by atoms with Crippen LogP contribution in [0.2, 0.25) is 0 Å². The van der Waals surface area contributed by atoms with Gasteiger partial charge in [0.1, 0.15) is 6.10 Å². The minimum Gasteiger partial charge on any atom is -1.00 e. The molecule has 0 aromatic heterocycles. The molecular formula is C17H33ClN2O2. The minimum absolute atomic E-state index is 0. The van der Waals surface area contributed by atoms with Gasteiger partial charge in [-0.15, -0.1) is 0 Å². The van der Waals surface area contributed by atoms with Gasteiger partial charge < -0.3 is 26.9 Å². The van der Waals surface area contributed by atoms with Crippen LogP contribution >= 0.6 is 0 Å². The van der Waals surface area contributed by atoms with Gasteiger partial charge in [0.05, 0.1) is 20.1 Å². The van der Waals surface area contributed by atoms with Crippen LogP contribution in [-0.2, 0) is 9.53 Å². The summed E-state index contributed by atoms with van der Waals surface area (Å²) in [7, 11) is 2.17. The van der Waals surface area contributed by atoms with E-state index in [0.29, 0.717) is 24.3 Å². The Hall–Kier alpha value is -0.320. The van der Waals surface area contributed by atoms with Crippen molar-refractivity contribution in [3.8, 4) is 0 Å². The lowest BCUT2D eigenvalue weighted by atomic mass is 9.75. The molecule has 0 amide bonds. The number of hydrogen-bond acceptors (Lipinski definition) is 3. The number of nitrogens with one attached hydrogen (secondary N) is 1. The summed E-state index contributed by atoms with van der Waals surface area (Å²) in [6.07, 6.45) is 3.65. The summed E-state index contributed by atoms with van der Waals surface area (Å²) in [6, 6.07) is 0. The van der Waals surface area contributed by atoms with Crippen LogP contribution in [0, 0.1) is 17.8 Å². The second kappa shape index (κ2) is 8.51. The number of nitrogens with zero attached hydrogens (tertiary/aromatic N) is 1. The molecule has 5 heteroatoms. The number of halogens is 1. The molecule has 2 rings (SSSR count). The zero-order valence-corrected chi connectivity index (χ0v) is 15.4. The van der Waals surface area contributed by atoms with Gasteiger partial charge in [-0.25, -0.2) is 4.79 Å². The van der Waals surface area contributed by atoms with Crippen molar-refractivity contribution in [2.45, 2.75) is 46.1 Å². The Balaban J connectivity index is 0.00000242. The van der Waals surface area contributed by atoms with E-state index in [4.69, 9.17) is 4.74 Å². The molecule has 4 nitrogen and oxygen atoms in total. The van der Waals surface area contributed by atoms with Crippen molar-refractivity contribution in [1.29, 1.82) is 0 Å². The molecule has 1 aliphatic heterocycles. The Morgan fingerprint density at radius 1 is 1.27 bits per heavy atom. The first-order valence-electron chi connectivity index (χ1n) is 8.63. The molecule has 2 fully saturated rings. The van der Waals surface area contributed by atoms with Gasteiger partial charge in [-0.3, -0.25) is 0 Å². The number of hydrogen-bond donors (Lipinski definition) is 1. The molecule has 0 aromatic rings. The highest BCUT2D eigenvalue weighted by atomic mass is 35.5. The molecular weight excluding hydrogens is 300 g/mol. The normalized spacial score (nSPS) is 31.4. The van der Waals surface area contributed by atoms with Crippen molar-refractivity contribution >= 4 is 5.97 Å². The van der Waals surface area contributed by atoms with Crippen LogP contribution in [0.1, 0.15) is 40.0 Å². The van der Waals surface area contributed by atoms with E-state index in [-0.39, 0.29) is 24.5 Å². The third kappa shape index (κ3) is 5.39. The number of quaternary nitrogens is 1. The first-order valence-corrected chi connectivity index (χ1v) is 8.63. The summed E-state index contributed by atoms with van der Waals surface area (Å²) in [5.41, 5.74) is 0. The fourth-order valence-electron chi connectivity index (χ4n) is 3.86. The van der Waals surface area contributed by atoms with Gasteiger partial charge in [0.15, 0.2) is 6.54 Å². The van der Waals surface area contributed by atoms with Gasteiger partial charge in [-0.2, -0.15) is 0 Å². The summed E-state index contributed by atoms with van der Waals surface area (Å²) in [6.45, 7) is 11.3. The van der Waals surface area contributed by atoms with E-state index in [1.54, 1.807) is 0 Å². The monoisotopic (exact) mass is 332 g/mol. The van der Waals surface area contributed by atoms with Crippen molar-refractivity contribution in [2.24, 2.45) is 17.8 Å². The van der Waals surface area contributed by atoms with Gasteiger partial charge in [0.2, 0.25) is 0 Å². The Kier molecular flexibility index (Phi) is 7.63. The summed E-state index contributed by atoms with van der Waals surface area (Å²) < 4.78 is 6.75. The smallest absolute Gasteiger partial charge is 0.362 e. The maximum absolute atomic E-state index is 12.4. The summed E-state index contributed by atoms with van der Waals surface area (Å²) >= 11 is 0. The Morgan fingerprint density at radius 3 is 2.50 bits per heavy atom. The Morgan fingerprint density at radius 2 is 1.91 bits per heavy atom. The lowest BCUT2D eigenvalue weighted by Gasteiger charge is -2.39. The van der Waals surface area contributed by atoms with Crippen molar-refractivity contribution < 1.29 is 26.4 Å². The molecule has 1 N–H and O–H groups in total. The van der Waals surface area contributed by atoms with Crippen LogP contribution in [0.4, 0.5) is 0 Å². The fraction of sp³-hybridized carbons (Fsp3) is 0.941. The molecule has 1 saturated heterocycles. The number of piperazine rings is 1.